The zero-order valence-corrected chi connectivity index (χ0v) is 42.7. The molecule has 6 nitrogen and oxygen atoms in total. The first-order valence-electron chi connectivity index (χ1n) is 27.4. The van der Waals surface area contributed by atoms with Crippen LogP contribution >= 0.6 is 0 Å². The van der Waals surface area contributed by atoms with E-state index in [4.69, 9.17) is 14.2 Å². The first-order chi connectivity index (χ1) is 32.0. The second-order valence-corrected chi connectivity index (χ2v) is 18.1. The number of carbonyl (C=O) groups excluding carboxylic acids is 3. The Morgan fingerprint density at radius 2 is 0.600 bits per heavy atom. The van der Waals surface area contributed by atoms with Crippen molar-refractivity contribution >= 4 is 17.9 Å². The molecule has 65 heavy (non-hydrogen) atoms. The molecule has 0 radical (unpaired) electrons. The lowest BCUT2D eigenvalue weighted by Crippen LogP contribution is -2.30. The molecule has 0 rings (SSSR count). The highest BCUT2D eigenvalue weighted by Crippen LogP contribution is 2.14. The fourth-order valence-electron chi connectivity index (χ4n) is 7.54. The van der Waals surface area contributed by atoms with E-state index in [2.05, 4.69) is 93.7 Å². The molecule has 0 bridgehead atoms. The van der Waals surface area contributed by atoms with Gasteiger partial charge in [0.05, 0.1) is 0 Å². The summed E-state index contributed by atoms with van der Waals surface area (Å²) in [5.41, 5.74) is 0. The molecule has 0 aromatic rings. The smallest absolute Gasteiger partial charge is 0.306 e. The van der Waals surface area contributed by atoms with Gasteiger partial charge in [-0.25, -0.2) is 0 Å². The minimum absolute atomic E-state index is 0.0971. The molecule has 0 aliphatic rings. The van der Waals surface area contributed by atoms with Crippen molar-refractivity contribution in [2.24, 2.45) is 0 Å². The number of ether oxygens (including phenoxy) is 3. The van der Waals surface area contributed by atoms with Crippen molar-refractivity contribution in [3.63, 3.8) is 0 Å². The highest BCUT2D eigenvalue weighted by Gasteiger charge is 2.19. The van der Waals surface area contributed by atoms with E-state index in [1.165, 1.54) is 116 Å². The highest BCUT2D eigenvalue weighted by atomic mass is 16.6. The molecule has 1 atom stereocenters. The second-order valence-electron chi connectivity index (χ2n) is 18.1. The molecule has 0 spiro atoms. The Bertz CT molecular complexity index is 1230. The molecule has 0 aromatic carbocycles. The normalized spacial score (nSPS) is 12.6. The molecule has 0 aliphatic heterocycles. The maximum Gasteiger partial charge on any atom is 0.306 e. The van der Waals surface area contributed by atoms with Crippen molar-refractivity contribution < 1.29 is 28.6 Å². The fourth-order valence-corrected chi connectivity index (χ4v) is 7.54. The topological polar surface area (TPSA) is 78.9 Å². The van der Waals surface area contributed by atoms with E-state index in [-0.39, 0.29) is 37.5 Å². The standard InChI is InChI=1S/C59H102O6/c1-4-7-10-13-16-19-22-25-27-29-30-32-34-37-40-43-46-49-52-58(61)64-55-56(54-63-57(60)51-48-45-42-39-36-33-24-21-18-15-12-9-6-3)65-59(62)53-50-47-44-41-38-35-31-28-26-23-20-17-14-11-8-5-2/h8,11,17,20,26,28,30,32-33,35-36,38,56H,4-7,9-10,12-16,18-19,21-25,27,29,31,34,37,39-55H2,1-3H3/b11-8-,20-17-,28-26-,32-30-,36-33-,38-35-. The van der Waals surface area contributed by atoms with Crippen LogP contribution in [0.15, 0.2) is 72.9 Å². The lowest BCUT2D eigenvalue weighted by Gasteiger charge is -2.18. The summed E-state index contributed by atoms with van der Waals surface area (Å²) in [6.45, 7) is 6.48. The van der Waals surface area contributed by atoms with Crippen molar-refractivity contribution in [2.75, 3.05) is 13.2 Å². The molecule has 0 N–H and O–H groups in total. The third-order valence-electron chi connectivity index (χ3n) is 11.7. The van der Waals surface area contributed by atoms with Gasteiger partial charge in [0, 0.05) is 19.3 Å². The maximum atomic E-state index is 12.8. The van der Waals surface area contributed by atoms with Crippen molar-refractivity contribution in [3.8, 4) is 0 Å². The van der Waals surface area contributed by atoms with Crippen LogP contribution in [0.5, 0.6) is 0 Å². The molecule has 0 heterocycles. The van der Waals surface area contributed by atoms with E-state index in [1.54, 1.807) is 0 Å². The second kappa shape index (κ2) is 53.5. The summed E-state index contributed by atoms with van der Waals surface area (Å²) in [5, 5.41) is 0. The summed E-state index contributed by atoms with van der Waals surface area (Å²) in [6, 6.07) is 0. The van der Waals surface area contributed by atoms with Gasteiger partial charge in [0.15, 0.2) is 6.10 Å². The average molecular weight is 907 g/mol. The SMILES string of the molecule is CC/C=C\C/C=C\C/C=C\C/C=C\CCCCCC(=O)OC(COC(=O)CCCCC/C=C\CCCCCCCC)COC(=O)CCCCCCC/C=C\CCCCCCCCCCC. The third kappa shape index (κ3) is 51.7. The molecule has 0 saturated heterocycles. The van der Waals surface area contributed by atoms with Crippen LogP contribution in [0, 0.1) is 0 Å². The van der Waals surface area contributed by atoms with Gasteiger partial charge in [0.2, 0.25) is 0 Å². The van der Waals surface area contributed by atoms with E-state index >= 15 is 0 Å². The summed E-state index contributed by atoms with van der Waals surface area (Å²) < 4.78 is 16.8. The van der Waals surface area contributed by atoms with E-state index in [0.29, 0.717) is 12.8 Å². The Morgan fingerprint density at radius 3 is 0.969 bits per heavy atom. The molecule has 0 aliphatic carbocycles. The summed E-state index contributed by atoms with van der Waals surface area (Å²) in [4.78, 5) is 38.0. The van der Waals surface area contributed by atoms with Gasteiger partial charge >= 0.3 is 17.9 Å². The average Bonchev–Trinajstić information content (AvgIpc) is 3.30. The number of hydrogen-bond acceptors (Lipinski definition) is 6. The van der Waals surface area contributed by atoms with Crippen LogP contribution in [0.4, 0.5) is 0 Å². The monoisotopic (exact) mass is 907 g/mol. The number of carbonyl (C=O) groups is 3. The molecular formula is C59H102O6. The van der Waals surface area contributed by atoms with Gasteiger partial charge in [-0.15, -0.1) is 0 Å². The molecular weight excluding hydrogens is 805 g/mol. The first-order valence-corrected chi connectivity index (χ1v) is 27.4. The van der Waals surface area contributed by atoms with E-state index in [0.717, 1.165) is 109 Å². The first kappa shape index (κ1) is 61.9. The summed E-state index contributed by atoms with van der Waals surface area (Å²) in [7, 11) is 0. The summed E-state index contributed by atoms with van der Waals surface area (Å²) in [5.74, 6) is -0.948. The highest BCUT2D eigenvalue weighted by molar-refractivity contribution is 5.71. The van der Waals surface area contributed by atoms with Gasteiger partial charge in [0.25, 0.3) is 0 Å². The zero-order chi connectivity index (χ0) is 47.2. The molecule has 374 valence electrons. The third-order valence-corrected chi connectivity index (χ3v) is 11.7. The minimum atomic E-state index is -0.801. The molecule has 0 amide bonds. The molecule has 0 fully saturated rings. The Kier molecular flexibility index (Phi) is 50.9. The predicted octanol–water partition coefficient (Wildman–Crippen LogP) is 18.2. The number of rotatable bonds is 49. The molecule has 6 heteroatoms. The quantitative estimate of drug-likeness (QED) is 0.0262. The number of allylic oxidation sites excluding steroid dienone is 12. The Balaban J connectivity index is 4.44. The van der Waals surface area contributed by atoms with Crippen LogP contribution in [0.25, 0.3) is 0 Å². The molecule has 1 unspecified atom stereocenters. The molecule has 0 aromatic heterocycles. The lowest BCUT2D eigenvalue weighted by atomic mass is 10.1. The van der Waals surface area contributed by atoms with Crippen LogP contribution in [-0.2, 0) is 28.6 Å². The van der Waals surface area contributed by atoms with E-state index < -0.39 is 6.10 Å². The van der Waals surface area contributed by atoms with Gasteiger partial charge < -0.3 is 14.2 Å². The van der Waals surface area contributed by atoms with Gasteiger partial charge in [-0.05, 0) is 109 Å². The van der Waals surface area contributed by atoms with Crippen LogP contribution in [0.1, 0.15) is 265 Å². The maximum absolute atomic E-state index is 12.8. The molecule has 0 saturated carbocycles. The van der Waals surface area contributed by atoms with Gasteiger partial charge in [-0.2, -0.15) is 0 Å². The number of esters is 3. The summed E-state index contributed by atoms with van der Waals surface area (Å²) in [6.07, 6.45) is 67.5. The number of hydrogen-bond donors (Lipinski definition) is 0. The minimum Gasteiger partial charge on any atom is -0.462 e. The van der Waals surface area contributed by atoms with Crippen molar-refractivity contribution in [2.45, 2.75) is 271 Å². The zero-order valence-electron chi connectivity index (χ0n) is 42.7. The van der Waals surface area contributed by atoms with Gasteiger partial charge in [-0.3, -0.25) is 14.4 Å². The van der Waals surface area contributed by atoms with Crippen LogP contribution in [0.2, 0.25) is 0 Å². The number of unbranched alkanes of at least 4 members (excludes halogenated alkanes) is 26. The largest absolute Gasteiger partial charge is 0.462 e. The fraction of sp³-hybridized carbons (Fsp3) is 0.746. The van der Waals surface area contributed by atoms with Crippen LogP contribution in [-0.4, -0.2) is 37.2 Å². The van der Waals surface area contributed by atoms with E-state index in [9.17, 15) is 14.4 Å². The van der Waals surface area contributed by atoms with Crippen molar-refractivity contribution in [1.82, 2.24) is 0 Å². The van der Waals surface area contributed by atoms with Gasteiger partial charge in [0.1, 0.15) is 13.2 Å². The van der Waals surface area contributed by atoms with Crippen molar-refractivity contribution in [3.05, 3.63) is 72.9 Å². The van der Waals surface area contributed by atoms with Crippen LogP contribution in [0.3, 0.4) is 0 Å². The lowest BCUT2D eigenvalue weighted by molar-refractivity contribution is -0.167. The Hall–Kier alpha value is -3.15. The Morgan fingerprint density at radius 1 is 0.323 bits per heavy atom. The summed E-state index contributed by atoms with van der Waals surface area (Å²) >= 11 is 0. The van der Waals surface area contributed by atoms with Crippen molar-refractivity contribution in [1.29, 1.82) is 0 Å². The van der Waals surface area contributed by atoms with E-state index in [1.807, 2.05) is 0 Å². The Labute approximate surface area is 402 Å². The predicted molar refractivity (Wildman–Crippen MR) is 279 cm³/mol. The van der Waals surface area contributed by atoms with Gasteiger partial charge in [-0.1, -0.05) is 209 Å². The van der Waals surface area contributed by atoms with Crippen LogP contribution < -0.4 is 0 Å².